The van der Waals surface area contributed by atoms with Crippen LogP contribution < -0.4 is 5.32 Å². The summed E-state index contributed by atoms with van der Waals surface area (Å²) in [5, 5.41) is 6.81. The van der Waals surface area contributed by atoms with Crippen molar-refractivity contribution in [1.29, 1.82) is 0 Å². The molecule has 1 amide bonds. The smallest absolute Gasteiger partial charge is 0.324 e. The van der Waals surface area contributed by atoms with E-state index in [1.165, 1.54) is 18.2 Å². The standard InChI is InChI=1S/C22H23F3N6O/c23-22(24,25)18-5-1-2-6-19(18)28-21(32)15-29-10-12-30(13-11-29)16-31-20(7-9-27-31)17-4-3-8-26-14-17/h1-9,14H,10-13,15-16H2,(H,28,32). The van der Waals surface area contributed by atoms with Gasteiger partial charge in [0.1, 0.15) is 0 Å². The van der Waals surface area contributed by atoms with Gasteiger partial charge in [-0.2, -0.15) is 18.3 Å². The predicted octanol–water partition coefficient (Wildman–Crippen LogP) is 3.18. The number of nitrogens with zero attached hydrogens (tertiary/aromatic N) is 5. The molecule has 1 aliphatic heterocycles. The molecule has 0 aliphatic carbocycles. The summed E-state index contributed by atoms with van der Waals surface area (Å²) in [4.78, 5) is 20.7. The van der Waals surface area contributed by atoms with Crippen molar-refractivity contribution in [2.45, 2.75) is 12.8 Å². The van der Waals surface area contributed by atoms with Crippen molar-refractivity contribution >= 4 is 11.6 Å². The monoisotopic (exact) mass is 444 g/mol. The fourth-order valence-corrected chi connectivity index (χ4v) is 3.72. The fourth-order valence-electron chi connectivity index (χ4n) is 3.72. The minimum atomic E-state index is -4.52. The van der Waals surface area contributed by atoms with Gasteiger partial charge in [0.15, 0.2) is 0 Å². The zero-order valence-corrected chi connectivity index (χ0v) is 17.3. The first-order valence-corrected chi connectivity index (χ1v) is 10.2. The minimum absolute atomic E-state index is 0.0444. The summed E-state index contributed by atoms with van der Waals surface area (Å²) in [6, 6.07) is 10.8. The molecule has 0 radical (unpaired) electrons. The van der Waals surface area contributed by atoms with E-state index in [1.807, 2.05) is 27.8 Å². The molecule has 0 bridgehead atoms. The van der Waals surface area contributed by atoms with Gasteiger partial charge in [-0.25, -0.2) is 0 Å². The number of aromatic nitrogens is 3. The highest BCUT2D eigenvalue weighted by atomic mass is 19.4. The number of para-hydroxylation sites is 1. The van der Waals surface area contributed by atoms with Crippen LogP contribution in [-0.2, 0) is 17.6 Å². The van der Waals surface area contributed by atoms with Crippen molar-refractivity contribution in [3.63, 3.8) is 0 Å². The lowest BCUT2D eigenvalue weighted by atomic mass is 10.1. The number of rotatable bonds is 6. The van der Waals surface area contributed by atoms with Crippen LogP contribution in [0.4, 0.5) is 18.9 Å². The second-order valence-corrected chi connectivity index (χ2v) is 7.58. The van der Waals surface area contributed by atoms with Crippen LogP contribution in [0.1, 0.15) is 5.56 Å². The summed E-state index contributed by atoms with van der Waals surface area (Å²) in [6.45, 7) is 3.37. The van der Waals surface area contributed by atoms with Gasteiger partial charge in [-0.1, -0.05) is 12.1 Å². The van der Waals surface area contributed by atoms with Gasteiger partial charge in [-0.15, -0.1) is 0 Å². The van der Waals surface area contributed by atoms with Crippen molar-refractivity contribution in [1.82, 2.24) is 24.6 Å². The summed E-state index contributed by atoms with van der Waals surface area (Å²) in [6.07, 6.45) is 0.751. The number of alkyl halides is 3. The lowest BCUT2D eigenvalue weighted by Crippen LogP contribution is -2.49. The summed E-state index contributed by atoms with van der Waals surface area (Å²) in [5.74, 6) is -0.457. The van der Waals surface area contributed by atoms with Gasteiger partial charge >= 0.3 is 6.18 Å². The number of carbonyl (C=O) groups excluding carboxylic acids is 1. The number of nitrogens with one attached hydrogen (secondary N) is 1. The highest BCUT2D eigenvalue weighted by molar-refractivity contribution is 5.93. The van der Waals surface area contributed by atoms with E-state index in [0.29, 0.717) is 19.8 Å². The van der Waals surface area contributed by atoms with Crippen LogP contribution in [0.25, 0.3) is 11.3 Å². The van der Waals surface area contributed by atoms with Crippen LogP contribution >= 0.6 is 0 Å². The number of hydrogen-bond acceptors (Lipinski definition) is 5. The molecule has 7 nitrogen and oxygen atoms in total. The van der Waals surface area contributed by atoms with E-state index in [-0.39, 0.29) is 12.2 Å². The van der Waals surface area contributed by atoms with Crippen molar-refractivity contribution in [2.75, 3.05) is 38.0 Å². The average Bonchev–Trinajstić information content (AvgIpc) is 3.23. The third-order valence-corrected chi connectivity index (χ3v) is 5.35. The van der Waals surface area contributed by atoms with Crippen LogP contribution in [0, 0.1) is 0 Å². The van der Waals surface area contributed by atoms with Crippen molar-refractivity contribution < 1.29 is 18.0 Å². The third kappa shape index (κ3) is 5.32. The molecule has 0 unspecified atom stereocenters. The van der Waals surface area contributed by atoms with Gasteiger partial charge in [0.2, 0.25) is 5.91 Å². The van der Waals surface area contributed by atoms with Crippen molar-refractivity contribution in [3.05, 3.63) is 66.6 Å². The summed E-state index contributed by atoms with van der Waals surface area (Å²) < 4.78 is 41.3. The lowest BCUT2D eigenvalue weighted by molar-refractivity contribution is -0.137. The molecule has 4 rings (SSSR count). The number of amides is 1. The van der Waals surface area contributed by atoms with Gasteiger partial charge in [-0.05, 0) is 30.3 Å². The Morgan fingerprint density at radius 2 is 1.72 bits per heavy atom. The van der Waals surface area contributed by atoms with E-state index in [2.05, 4.69) is 20.3 Å². The Morgan fingerprint density at radius 3 is 2.44 bits per heavy atom. The molecular weight excluding hydrogens is 421 g/mol. The summed E-state index contributed by atoms with van der Waals surface area (Å²) in [7, 11) is 0. The van der Waals surface area contributed by atoms with Gasteiger partial charge in [-0.3, -0.25) is 24.3 Å². The minimum Gasteiger partial charge on any atom is -0.324 e. The quantitative estimate of drug-likeness (QED) is 0.633. The van der Waals surface area contributed by atoms with Gasteiger partial charge in [0, 0.05) is 50.3 Å². The maximum Gasteiger partial charge on any atom is 0.418 e. The molecule has 1 saturated heterocycles. The molecule has 0 saturated carbocycles. The van der Waals surface area contributed by atoms with E-state index >= 15 is 0 Å². The molecule has 32 heavy (non-hydrogen) atoms. The zero-order valence-electron chi connectivity index (χ0n) is 17.3. The number of piperazine rings is 1. The average molecular weight is 444 g/mol. The second kappa shape index (κ2) is 9.49. The highest BCUT2D eigenvalue weighted by Gasteiger charge is 2.33. The first kappa shape index (κ1) is 22.0. The number of pyridine rings is 1. The molecule has 3 aromatic rings. The van der Waals surface area contributed by atoms with Gasteiger partial charge < -0.3 is 5.32 Å². The number of anilines is 1. The van der Waals surface area contributed by atoms with Crippen LogP contribution in [0.5, 0.6) is 0 Å². The number of hydrogen-bond donors (Lipinski definition) is 1. The Labute approximate surface area is 183 Å². The largest absolute Gasteiger partial charge is 0.418 e. The Hall–Kier alpha value is -3.24. The summed E-state index contributed by atoms with van der Waals surface area (Å²) >= 11 is 0. The second-order valence-electron chi connectivity index (χ2n) is 7.58. The molecule has 0 atom stereocenters. The molecular formula is C22H23F3N6O. The molecule has 1 N–H and O–H groups in total. The van der Waals surface area contributed by atoms with Crippen LogP contribution in [0.3, 0.4) is 0 Å². The first-order valence-electron chi connectivity index (χ1n) is 10.2. The summed E-state index contributed by atoms with van der Waals surface area (Å²) in [5.41, 5.74) is 0.898. The van der Waals surface area contributed by atoms with Crippen LogP contribution in [-0.4, -0.2) is 63.2 Å². The molecule has 1 fully saturated rings. The lowest BCUT2D eigenvalue weighted by Gasteiger charge is -2.34. The van der Waals surface area contributed by atoms with Crippen molar-refractivity contribution in [2.24, 2.45) is 0 Å². The predicted molar refractivity (Wildman–Crippen MR) is 114 cm³/mol. The highest BCUT2D eigenvalue weighted by Crippen LogP contribution is 2.34. The van der Waals surface area contributed by atoms with E-state index < -0.39 is 17.6 Å². The molecule has 3 heterocycles. The van der Waals surface area contributed by atoms with E-state index in [0.717, 1.165) is 30.4 Å². The molecule has 0 spiro atoms. The molecule has 168 valence electrons. The van der Waals surface area contributed by atoms with Crippen molar-refractivity contribution in [3.8, 4) is 11.3 Å². The third-order valence-electron chi connectivity index (χ3n) is 5.35. The molecule has 1 aliphatic rings. The topological polar surface area (TPSA) is 66.3 Å². The Kier molecular flexibility index (Phi) is 6.52. The van der Waals surface area contributed by atoms with Crippen LogP contribution in [0.2, 0.25) is 0 Å². The molecule has 1 aromatic carbocycles. The fraction of sp³-hybridized carbons (Fsp3) is 0.318. The maximum absolute atomic E-state index is 13.1. The molecule has 10 heteroatoms. The van der Waals surface area contributed by atoms with Gasteiger partial charge in [0.25, 0.3) is 0 Å². The number of halogens is 3. The Morgan fingerprint density at radius 1 is 0.969 bits per heavy atom. The van der Waals surface area contributed by atoms with E-state index in [4.69, 9.17) is 0 Å². The van der Waals surface area contributed by atoms with E-state index in [9.17, 15) is 18.0 Å². The SMILES string of the molecule is O=C(CN1CCN(Cn2nccc2-c2cccnc2)CC1)Nc1ccccc1C(F)(F)F. The zero-order chi connectivity index (χ0) is 22.6. The van der Waals surface area contributed by atoms with Crippen LogP contribution in [0.15, 0.2) is 61.1 Å². The molecule has 2 aromatic heterocycles. The Balaban J connectivity index is 1.29. The number of carbonyl (C=O) groups is 1. The number of benzene rings is 1. The Bertz CT molecular complexity index is 1050. The maximum atomic E-state index is 13.1. The van der Waals surface area contributed by atoms with E-state index in [1.54, 1.807) is 18.6 Å². The van der Waals surface area contributed by atoms with Gasteiger partial charge in [0.05, 0.1) is 30.2 Å². The first-order chi connectivity index (χ1) is 15.4. The normalized spacial score (nSPS) is 15.6.